The van der Waals surface area contributed by atoms with Crippen LogP contribution in [0.15, 0.2) is 29.8 Å². The molecular weight excluding hydrogens is 374 g/mol. The molecule has 0 spiro atoms. The zero-order valence-electron chi connectivity index (χ0n) is 14.8. The number of benzene rings is 1. The molecule has 8 heteroatoms. The first kappa shape index (κ1) is 18.3. The maximum atomic E-state index is 12.7. The summed E-state index contributed by atoms with van der Waals surface area (Å²) in [7, 11) is 4.85. The molecule has 0 aliphatic rings. The van der Waals surface area contributed by atoms with Gasteiger partial charge in [0.25, 0.3) is 5.91 Å². The summed E-state index contributed by atoms with van der Waals surface area (Å²) in [6, 6.07) is 5.04. The highest BCUT2D eigenvalue weighted by Gasteiger charge is 2.17. The molecule has 1 N–H and O–H groups in total. The maximum absolute atomic E-state index is 12.7. The Morgan fingerprint density at radius 1 is 1.23 bits per heavy atom. The normalized spacial score (nSPS) is 10.7. The van der Waals surface area contributed by atoms with Crippen molar-refractivity contribution in [2.24, 2.45) is 7.05 Å². The predicted molar refractivity (Wildman–Crippen MR) is 104 cm³/mol. The van der Waals surface area contributed by atoms with Crippen molar-refractivity contribution in [3.63, 3.8) is 0 Å². The molecule has 0 saturated carbocycles. The number of aryl methyl sites for hydroxylation is 2. The van der Waals surface area contributed by atoms with E-state index < -0.39 is 0 Å². The molecule has 2 heterocycles. The maximum Gasteiger partial charge on any atom is 0.272 e. The standard InChI is InChI=1S/C18H18ClN3O3S/c1-10-20-14(9-26-10)11-5-15(22(2)8-11)18(23)21-13-6-12(19)16(24-3)7-17(13)25-4/h5-9H,1-4H3,(H,21,23). The Morgan fingerprint density at radius 2 is 1.96 bits per heavy atom. The minimum absolute atomic E-state index is 0.273. The van der Waals surface area contributed by atoms with Gasteiger partial charge in [-0.05, 0) is 19.1 Å². The molecule has 0 aliphatic heterocycles. The van der Waals surface area contributed by atoms with Gasteiger partial charge in [0, 0.05) is 30.3 Å². The summed E-state index contributed by atoms with van der Waals surface area (Å²) in [5, 5.41) is 6.17. The lowest BCUT2D eigenvalue weighted by Gasteiger charge is -2.13. The zero-order valence-corrected chi connectivity index (χ0v) is 16.4. The number of methoxy groups -OCH3 is 2. The molecule has 3 aromatic rings. The monoisotopic (exact) mass is 391 g/mol. The fourth-order valence-electron chi connectivity index (χ4n) is 2.57. The number of amides is 1. The summed E-state index contributed by atoms with van der Waals surface area (Å²) >= 11 is 7.73. The van der Waals surface area contributed by atoms with Crippen molar-refractivity contribution < 1.29 is 14.3 Å². The SMILES string of the molecule is COc1cc(OC)c(NC(=O)c2cc(-c3csc(C)n3)cn2C)cc1Cl. The molecule has 0 radical (unpaired) electrons. The average molecular weight is 392 g/mol. The molecule has 1 aromatic carbocycles. The van der Waals surface area contributed by atoms with Gasteiger partial charge in [0.2, 0.25) is 0 Å². The number of ether oxygens (including phenoxy) is 2. The second-order valence-electron chi connectivity index (χ2n) is 5.62. The van der Waals surface area contributed by atoms with Gasteiger partial charge < -0.3 is 19.4 Å². The van der Waals surface area contributed by atoms with Gasteiger partial charge in [0.05, 0.1) is 35.6 Å². The Morgan fingerprint density at radius 3 is 2.58 bits per heavy atom. The highest BCUT2D eigenvalue weighted by Crippen LogP contribution is 2.36. The third-order valence-electron chi connectivity index (χ3n) is 3.87. The van der Waals surface area contributed by atoms with Crippen LogP contribution in [0.4, 0.5) is 5.69 Å². The van der Waals surface area contributed by atoms with Gasteiger partial charge in [0.1, 0.15) is 17.2 Å². The van der Waals surface area contributed by atoms with Crippen molar-refractivity contribution in [1.29, 1.82) is 0 Å². The third kappa shape index (κ3) is 3.54. The summed E-state index contributed by atoms with van der Waals surface area (Å²) in [4.78, 5) is 17.2. The van der Waals surface area contributed by atoms with Crippen molar-refractivity contribution in [1.82, 2.24) is 9.55 Å². The second kappa shape index (κ2) is 7.39. The lowest BCUT2D eigenvalue weighted by atomic mass is 10.2. The first-order valence-electron chi connectivity index (χ1n) is 7.74. The van der Waals surface area contributed by atoms with E-state index in [0.29, 0.717) is 27.9 Å². The number of nitrogens with zero attached hydrogens (tertiary/aromatic N) is 2. The molecule has 1 amide bonds. The van der Waals surface area contributed by atoms with Crippen LogP contribution in [-0.2, 0) is 7.05 Å². The number of nitrogens with one attached hydrogen (secondary N) is 1. The van der Waals surface area contributed by atoms with Gasteiger partial charge in [0.15, 0.2) is 0 Å². The summed E-state index contributed by atoms with van der Waals surface area (Å²) in [5.74, 6) is 0.663. The number of hydrogen-bond donors (Lipinski definition) is 1. The molecule has 6 nitrogen and oxygen atoms in total. The van der Waals surface area contributed by atoms with Gasteiger partial charge in [-0.3, -0.25) is 4.79 Å². The van der Waals surface area contributed by atoms with E-state index in [1.807, 2.05) is 25.5 Å². The van der Waals surface area contributed by atoms with Crippen molar-refractivity contribution in [2.75, 3.05) is 19.5 Å². The summed E-state index contributed by atoms with van der Waals surface area (Å²) in [6.45, 7) is 1.95. The molecule has 2 aromatic heterocycles. The number of carbonyl (C=O) groups excluding carboxylic acids is 1. The number of carbonyl (C=O) groups is 1. The van der Waals surface area contributed by atoms with Crippen LogP contribution in [0.2, 0.25) is 5.02 Å². The zero-order chi connectivity index (χ0) is 18.8. The van der Waals surface area contributed by atoms with Crippen LogP contribution in [0.5, 0.6) is 11.5 Å². The average Bonchev–Trinajstić information content (AvgIpc) is 3.21. The first-order chi connectivity index (χ1) is 12.4. The van der Waals surface area contributed by atoms with Gasteiger partial charge >= 0.3 is 0 Å². The largest absolute Gasteiger partial charge is 0.495 e. The molecule has 136 valence electrons. The molecule has 0 aliphatic carbocycles. The highest BCUT2D eigenvalue weighted by molar-refractivity contribution is 7.09. The lowest BCUT2D eigenvalue weighted by molar-refractivity contribution is 0.101. The Labute approximate surface area is 160 Å². The van der Waals surface area contributed by atoms with Crippen molar-refractivity contribution in [3.05, 3.63) is 45.5 Å². The van der Waals surface area contributed by atoms with E-state index in [9.17, 15) is 4.79 Å². The fraction of sp³-hybridized carbons (Fsp3) is 0.222. The molecule has 0 fully saturated rings. The van der Waals surface area contributed by atoms with Crippen LogP contribution >= 0.6 is 22.9 Å². The lowest BCUT2D eigenvalue weighted by Crippen LogP contribution is -2.16. The van der Waals surface area contributed by atoms with E-state index in [4.69, 9.17) is 21.1 Å². The van der Waals surface area contributed by atoms with E-state index in [-0.39, 0.29) is 5.91 Å². The van der Waals surface area contributed by atoms with E-state index in [0.717, 1.165) is 16.3 Å². The molecule has 0 unspecified atom stereocenters. The van der Waals surface area contributed by atoms with E-state index in [1.54, 1.807) is 34.1 Å². The number of rotatable bonds is 5. The topological polar surface area (TPSA) is 65.4 Å². The minimum Gasteiger partial charge on any atom is -0.495 e. The summed E-state index contributed by atoms with van der Waals surface area (Å²) in [6.07, 6.45) is 1.88. The van der Waals surface area contributed by atoms with Gasteiger partial charge in [-0.25, -0.2) is 4.98 Å². The number of anilines is 1. The first-order valence-corrected chi connectivity index (χ1v) is 9.00. The Kier molecular flexibility index (Phi) is 5.20. The smallest absolute Gasteiger partial charge is 0.272 e. The highest BCUT2D eigenvalue weighted by atomic mass is 35.5. The third-order valence-corrected chi connectivity index (χ3v) is 4.94. The van der Waals surface area contributed by atoms with Crippen LogP contribution < -0.4 is 14.8 Å². The van der Waals surface area contributed by atoms with Crippen molar-refractivity contribution in [3.8, 4) is 22.8 Å². The van der Waals surface area contributed by atoms with Gasteiger partial charge in [-0.1, -0.05) is 11.6 Å². The summed E-state index contributed by atoms with van der Waals surface area (Å²) in [5.41, 5.74) is 2.71. The van der Waals surface area contributed by atoms with Crippen LogP contribution in [0.25, 0.3) is 11.3 Å². The van der Waals surface area contributed by atoms with Crippen LogP contribution in [0, 0.1) is 6.92 Å². The molecule has 3 rings (SSSR count). The van der Waals surface area contributed by atoms with Crippen molar-refractivity contribution in [2.45, 2.75) is 6.92 Å². The van der Waals surface area contributed by atoms with E-state index >= 15 is 0 Å². The Hall–Kier alpha value is -2.51. The van der Waals surface area contributed by atoms with E-state index in [2.05, 4.69) is 10.3 Å². The molecule has 0 saturated heterocycles. The predicted octanol–water partition coefficient (Wildman–Crippen LogP) is 4.38. The van der Waals surface area contributed by atoms with Gasteiger partial charge in [-0.2, -0.15) is 0 Å². The van der Waals surface area contributed by atoms with E-state index in [1.165, 1.54) is 14.2 Å². The summed E-state index contributed by atoms with van der Waals surface area (Å²) < 4.78 is 12.2. The van der Waals surface area contributed by atoms with Gasteiger partial charge in [-0.15, -0.1) is 11.3 Å². The fourth-order valence-corrected chi connectivity index (χ4v) is 3.43. The van der Waals surface area contributed by atoms with Crippen LogP contribution in [0.3, 0.4) is 0 Å². The second-order valence-corrected chi connectivity index (χ2v) is 7.09. The Bertz CT molecular complexity index is 965. The number of thiazole rings is 1. The van der Waals surface area contributed by atoms with Crippen LogP contribution in [0.1, 0.15) is 15.5 Å². The number of hydrogen-bond acceptors (Lipinski definition) is 5. The van der Waals surface area contributed by atoms with Crippen LogP contribution in [-0.4, -0.2) is 29.7 Å². The molecular formula is C18H18ClN3O3S. The molecule has 0 bridgehead atoms. The molecule has 0 atom stereocenters. The van der Waals surface area contributed by atoms with Crippen molar-refractivity contribution >= 4 is 34.5 Å². The number of halogens is 1. The Balaban J connectivity index is 1.89. The quantitative estimate of drug-likeness (QED) is 0.700. The minimum atomic E-state index is -0.273. The number of aromatic nitrogens is 2. The molecule has 26 heavy (non-hydrogen) atoms.